The zero-order chi connectivity index (χ0) is 12.3. The van der Waals surface area contributed by atoms with E-state index in [0.29, 0.717) is 0 Å². The molecule has 0 aliphatic heterocycles. The second-order valence-corrected chi connectivity index (χ2v) is 4.68. The Morgan fingerprint density at radius 2 is 1.81 bits per heavy atom. The van der Waals surface area contributed by atoms with Crippen LogP contribution in [0.25, 0.3) is 0 Å². The number of rotatable bonds is 4. The van der Waals surface area contributed by atoms with Gasteiger partial charge in [0.1, 0.15) is 10.8 Å². The van der Waals surface area contributed by atoms with Gasteiger partial charge in [-0.15, -0.1) is 0 Å². The van der Waals surface area contributed by atoms with Gasteiger partial charge < -0.3 is 0 Å². The Balaban J connectivity index is 3.02. The van der Waals surface area contributed by atoms with Crippen LogP contribution in [0.1, 0.15) is 5.56 Å². The molecular formula is C10H9F3O2S. The number of Topliss-reactive ketones (excluding diaryl/α,β-unsaturated/α-hetero) is 1. The molecule has 1 atom stereocenters. The summed E-state index contributed by atoms with van der Waals surface area (Å²) in [5.74, 6) is -1.97. The summed E-state index contributed by atoms with van der Waals surface area (Å²) in [7, 11) is -2.85. The number of carbonyl (C=O) groups is 1. The van der Waals surface area contributed by atoms with Crippen LogP contribution in [0.4, 0.5) is 13.2 Å². The summed E-state index contributed by atoms with van der Waals surface area (Å²) >= 11 is 0. The van der Waals surface area contributed by atoms with Gasteiger partial charge in [0.05, 0.1) is 0 Å². The summed E-state index contributed by atoms with van der Waals surface area (Å²) in [6.45, 7) is -0.0951. The van der Waals surface area contributed by atoms with Gasteiger partial charge >= 0.3 is 5.25 Å². The van der Waals surface area contributed by atoms with Gasteiger partial charge in [-0.05, 0) is 19.1 Å². The molecule has 1 aromatic carbocycles. The molecule has 0 spiro atoms. The van der Waals surface area contributed by atoms with E-state index < -0.39 is 28.5 Å². The average Bonchev–Trinajstić information content (AvgIpc) is 2.28. The van der Waals surface area contributed by atoms with Crippen LogP contribution < -0.4 is 0 Å². The molecule has 88 valence electrons. The lowest BCUT2D eigenvalue weighted by molar-refractivity contribution is -0.133. The van der Waals surface area contributed by atoms with Gasteiger partial charge in [0.15, 0.2) is 6.67 Å². The molecule has 2 nitrogen and oxygen atoms in total. The van der Waals surface area contributed by atoms with Crippen LogP contribution in [-0.4, -0.2) is 21.9 Å². The van der Waals surface area contributed by atoms with E-state index in [1.54, 1.807) is 6.92 Å². The van der Waals surface area contributed by atoms with Crippen molar-refractivity contribution in [3.8, 4) is 0 Å². The number of alkyl halides is 3. The van der Waals surface area contributed by atoms with Crippen LogP contribution in [0.3, 0.4) is 0 Å². The van der Waals surface area contributed by atoms with Crippen molar-refractivity contribution in [2.45, 2.75) is 17.1 Å². The highest BCUT2D eigenvalue weighted by Gasteiger charge is 2.45. The molecule has 0 heterocycles. The number of carbonyl (C=O) groups excluding carboxylic acids is 1. The first kappa shape index (κ1) is 12.9. The summed E-state index contributed by atoms with van der Waals surface area (Å²) in [4.78, 5) is 10.4. The Morgan fingerprint density at radius 1 is 1.31 bits per heavy atom. The molecule has 0 aromatic heterocycles. The van der Waals surface area contributed by atoms with Crippen LogP contribution in [0, 0.1) is 6.92 Å². The second-order valence-electron chi connectivity index (χ2n) is 3.16. The maximum atomic E-state index is 13.1. The van der Waals surface area contributed by atoms with Crippen molar-refractivity contribution in [3.63, 3.8) is 0 Å². The Hall–Kier alpha value is -1.17. The molecule has 1 unspecified atom stereocenters. The van der Waals surface area contributed by atoms with Gasteiger partial charge in [0.25, 0.3) is 0 Å². The smallest absolute Gasteiger partial charge is 0.289 e. The van der Waals surface area contributed by atoms with Gasteiger partial charge in [0, 0.05) is 4.90 Å². The SMILES string of the molecule is Cc1ccc(S(=O)C(F)(F)C(=O)CF)cc1. The molecule has 0 saturated carbocycles. The van der Waals surface area contributed by atoms with E-state index in [9.17, 15) is 22.2 Å². The average molecular weight is 250 g/mol. The van der Waals surface area contributed by atoms with Crippen molar-refractivity contribution in [1.82, 2.24) is 0 Å². The minimum Gasteiger partial charge on any atom is -0.289 e. The van der Waals surface area contributed by atoms with Gasteiger partial charge in [-0.2, -0.15) is 8.78 Å². The van der Waals surface area contributed by atoms with Crippen LogP contribution >= 0.6 is 0 Å². The fourth-order valence-corrected chi connectivity index (χ4v) is 1.93. The highest BCUT2D eigenvalue weighted by Crippen LogP contribution is 2.26. The van der Waals surface area contributed by atoms with E-state index >= 15 is 0 Å². The Bertz CT molecular complexity index is 415. The topological polar surface area (TPSA) is 34.1 Å². The van der Waals surface area contributed by atoms with Crippen LogP contribution in [0.15, 0.2) is 29.2 Å². The lowest BCUT2D eigenvalue weighted by Gasteiger charge is -2.12. The zero-order valence-electron chi connectivity index (χ0n) is 8.38. The minimum atomic E-state index is -4.18. The number of ketones is 1. The summed E-state index contributed by atoms with van der Waals surface area (Å²) in [5, 5.41) is -4.18. The van der Waals surface area contributed by atoms with Gasteiger partial charge in [-0.3, -0.25) is 4.79 Å². The van der Waals surface area contributed by atoms with E-state index in [-0.39, 0.29) is 4.90 Å². The van der Waals surface area contributed by atoms with Crippen LogP contribution in [0.2, 0.25) is 0 Å². The van der Waals surface area contributed by atoms with Gasteiger partial charge in [-0.1, -0.05) is 17.7 Å². The molecule has 0 saturated heterocycles. The first-order valence-electron chi connectivity index (χ1n) is 4.35. The third kappa shape index (κ3) is 2.49. The van der Waals surface area contributed by atoms with E-state index in [2.05, 4.69) is 0 Å². The van der Waals surface area contributed by atoms with Crippen molar-refractivity contribution >= 4 is 16.6 Å². The van der Waals surface area contributed by atoms with Crippen molar-refractivity contribution in [2.24, 2.45) is 0 Å². The predicted octanol–water partition coefficient (Wildman–Crippen LogP) is 2.23. The zero-order valence-corrected chi connectivity index (χ0v) is 9.19. The van der Waals surface area contributed by atoms with Crippen molar-refractivity contribution in [2.75, 3.05) is 6.67 Å². The second kappa shape index (κ2) is 4.78. The molecular weight excluding hydrogens is 241 g/mol. The number of aryl methyl sites for hydroxylation is 1. The normalized spacial score (nSPS) is 13.5. The third-order valence-electron chi connectivity index (χ3n) is 1.91. The molecule has 0 fully saturated rings. The summed E-state index contributed by atoms with van der Waals surface area (Å²) in [6, 6.07) is 5.43. The van der Waals surface area contributed by atoms with Crippen molar-refractivity contribution in [1.29, 1.82) is 0 Å². The lowest BCUT2D eigenvalue weighted by atomic mass is 10.2. The van der Waals surface area contributed by atoms with Crippen LogP contribution in [0.5, 0.6) is 0 Å². The highest BCUT2D eigenvalue weighted by atomic mass is 32.2. The molecule has 0 aliphatic carbocycles. The molecule has 16 heavy (non-hydrogen) atoms. The first-order valence-corrected chi connectivity index (χ1v) is 5.50. The third-order valence-corrected chi connectivity index (χ3v) is 3.31. The standard InChI is InChI=1S/C10H9F3O2S/c1-7-2-4-8(5-3-7)16(15)10(12,13)9(14)6-11/h2-5H,6H2,1H3. The lowest BCUT2D eigenvalue weighted by Crippen LogP contribution is -2.34. The molecule has 0 amide bonds. The van der Waals surface area contributed by atoms with E-state index in [4.69, 9.17) is 0 Å². The quantitative estimate of drug-likeness (QED) is 0.821. The Morgan fingerprint density at radius 3 is 2.25 bits per heavy atom. The molecule has 1 rings (SSSR count). The fourth-order valence-electron chi connectivity index (χ4n) is 0.991. The maximum absolute atomic E-state index is 13.1. The van der Waals surface area contributed by atoms with Gasteiger partial charge in [-0.25, -0.2) is 8.60 Å². The summed E-state index contributed by atoms with van der Waals surface area (Å²) in [6.07, 6.45) is 0. The predicted molar refractivity (Wildman–Crippen MR) is 53.5 cm³/mol. The number of benzene rings is 1. The molecule has 0 N–H and O–H groups in total. The summed E-state index contributed by atoms with van der Waals surface area (Å²) in [5.41, 5.74) is 0.806. The van der Waals surface area contributed by atoms with E-state index in [1.807, 2.05) is 0 Å². The van der Waals surface area contributed by atoms with Gasteiger partial charge in [0.2, 0.25) is 5.78 Å². The fraction of sp³-hybridized carbons (Fsp3) is 0.300. The monoisotopic (exact) mass is 250 g/mol. The van der Waals surface area contributed by atoms with Crippen LogP contribution in [-0.2, 0) is 15.6 Å². The minimum absolute atomic E-state index is 0.197. The molecule has 0 aliphatic rings. The van der Waals surface area contributed by atoms with Crippen molar-refractivity contribution < 1.29 is 22.2 Å². The number of hydrogen-bond acceptors (Lipinski definition) is 2. The maximum Gasteiger partial charge on any atom is 0.385 e. The molecule has 0 radical (unpaired) electrons. The molecule has 6 heteroatoms. The number of hydrogen-bond donors (Lipinski definition) is 0. The Labute approximate surface area is 92.9 Å². The van der Waals surface area contributed by atoms with E-state index in [1.165, 1.54) is 24.3 Å². The number of halogens is 3. The highest BCUT2D eigenvalue weighted by molar-refractivity contribution is 7.87. The first-order chi connectivity index (χ1) is 7.39. The summed E-state index contributed by atoms with van der Waals surface area (Å²) < 4.78 is 49.4. The molecule has 1 aromatic rings. The van der Waals surface area contributed by atoms with Crippen molar-refractivity contribution in [3.05, 3.63) is 29.8 Å². The largest absolute Gasteiger partial charge is 0.385 e. The molecule has 0 bridgehead atoms. The Kier molecular flexibility index (Phi) is 3.85. The van der Waals surface area contributed by atoms with E-state index in [0.717, 1.165) is 5.56 Å².